The van der Waals surface area contributed by atoms with Gasteiger partial charge >= 0.3 is 0 Å². The summed E-state index contributed by atoms with van der Waals surface area (Å²) in [6.07, 6.45) is 2.79. The van der Waals surface area contributed by atoms with E-state index in [0.717, 1.165) is 0 Å². The monoisotopic (exact) mass is 374 g/mol. The van der Waals surface area contributed by atoms with E-state index in [4.69, 9.17) is 14.2 Å². The molecule has 2 N–H and O–H groups in total. The Morgan fingerprint density at radius 3 is 2.19 bits per heavy atom. The predicted octanol–water partition coefficient (Wildman–Crippen LogP) is 2.08. The van der Waals surface area contributed by atoms with Gasteiger partial charge in [0, 0.05) is 12.1 Å². The fraction of sp³-hybridized carbons (Fsp3) is 0.158. The summed E-state index contributed by atoms with van der Waals surface area (Å²) in [4.78, 5) is 23.4. The van der Waals surface area contributed by atoms with Crippen LogP contribution in [0.3, 0.4) is 0 Å². The summed E-state index contributed by atoms with van der Waals surface area (Å²) in [5, 5.41) is 0. The van der Waals surface area contributed by atoms with Crippen LogP contribution in [0.1, 0.15) is 5.56 Å². The molecule has 0 atom stereocenters. The van der Waals surface area contributed by atoms with Crippen LogP contribution < -0.4 is 25.1 Å². The summed E-state index contributed by atoms with van der Waals surface area (Å²) in [5.74, 6) is 0.00148. The summed E-state index contributed by atoms with van der Waals surface area (Å²) < 4.78 is 28.2. The Hall–Kier alpha value is -3.55. The van der Waals surface area contributed by atoms with Gasteiger partial charge in [-0.1, -0.05) is 0 Å². The molecule has 0 saturated carbocycles. The van der Waals surface area contributed by atoms with Gasteiger partial charge in [-0.25, -0.2) is 4.39 Å². The first-order valence-corrected chi connectivity index (χ1v) is 7.88. The van der Waals surface area contributed by atoms with Crippen molar-refractivity contribution in [1.82, 2.24) is 10.9 Å². The molecule has 0 unspecified atom stereocenters. The minimum absolute atomic E-state index is 0.331. The van der Waals surface area contributed by atoms with Crippen molar-refractivity contribution in [3.8, 4) is 17.2 Å². The highest BCUT2D eigenvalue weighted by atomic mass is 19.1. The molecule has 0 spiro atoms. The number of hydrogen-bond acceptors (Lipinski definition) is 5. The Bertz CT molecular complexity index is 799. The third kappa shape index (κ3) is 6.69. The number of amides is 2. The number of benzene rings is 2. The molecule has 0 fully saturated rings. The molecule has 0 radical (unpaired) electrons. The average Bonchev–Trinajstić information content (AvgIpc) is 2.69. The van der Waals surface area contributed by atoms with Crippen molar-refractivity contribution in [2.75, 3.05) is 20.8 Å². The van der Waals surface area contributed by atoms with Gasteiger partial charge in [0.1, 0.15) is 23.1 Å². The molecule has 8 heteroatoms. The van der Waals surface area contributed by atoms with Crippen LogP contribution in [-0.2, 0) is 9.59 Å². The lowest BCUT2D eigenvalue weighted by molar-refractivity contribution is -0.128. The van der Waals surface area contributed by atoms with Crippen LogP contribution in [0.25, 0.3) is 6.08 Å². The Morgan fingerprint density at radius 1 is 0.963 bits per heavy atom. The van der Waals surface area contributed by atoms with Crippen molar-refractivity contribution >= 4 is 17.9 Å². The van der Waals surface area contributed by atoms with E-state index in [9.17, 15) is 14.0 Å². The smallest absolute Gasteiger partial charge is 0.276 e. The number of hydrazine groups is 1. The minimum atomic E-state index is -0.566. The van der Waals surface area contributed by atoms with Crippen LogP contribution in [0.15, 0.2) is 48.5 Å². The Balaban J connectivity index is 1.80. The van der Waals surface area contributed by atoms with Crippen LogP contribution in [0, 0.1) is 5.82 Å². The molecule has 0 aliphatic carbocycles. The molecule has 27 heavy (non-hydrogen) atoms. The Labute approximate surface area is 155 Å². The topological polar surface area (TPSA) is 85.9 Å². The standard InChI is InChI=1S/C19H19FN2O5/c1-25-16-9-13(10-17(11-16)26-2)3-8-18(23)21-22-19(24)12-27-15-6-4-14(20)5-7-15/h3-11H,12H2,1-2H3,(H,21,23)(H,22,24)/b8-3+. The SMILES string of the molecule is COc1cc(/C=C/C(=O)NNC(=O)COc2ccc(F)cc2)cc(OC)c1. The molecule has 0 aliphatic heterocycles. The molecule has 2 rings (SSSR count). The van der Waals surface area contributed by atoms with Crippen molar-refractivity contribution in [3.05, 3.63) is 59.9 Å². The first kappa shape index (κ1) is 19.8. The lowest BCUT2D eigenvalue weighted by Crippen LogP contribution is -2.43. The van der Waals surface area contributed by atoms with Crippen molar-refractivity contribution in [1.29, 1.82) is 0 Å². The molecule has 0 aliphatic rings. The van der Waals surface area contributed by atoms with Crippen molar-refractivity contribution in [3.63, 3.8) is 0 Å². The number of halogens is 1. The molecule has 2 aromatic rings. The van der Waals surface area contributed by atoms with E-state index in [1.165, 1.54) is 44.6 Å². The van der Waals surface area contributed by atoms with Gasteiger partial charge in [0.05, 0.1) is 14.2 Å². The zero-order chi connectivity index (χ0) is 19.6. The third-order valence-corrected chi connectivity index (χ3v) is 3.31. The molecule has 0 aromatic heterocycles. The maximum Gasteiger partial charge on any atom is 0.276 e. The minimum Gasteiger partial charge on any atom is -0.497 e. The second-order valence-electron chi connectivity index (χ2n) is 5.26. The van der Waals surface area contributed by atoms with Gasteiger partial charge in [-0.2, -0.15) is 0 Å². The fourth-order valence-corrected chi connectivity index (χ4v) is 1.99. The lowest BCUT2D eigenvalue weighted by Gasteiger charge is -2.08. The predicted molar refractivity (Wildman–Crippen MR) is 96.8 cm³/mol. The zero-order valence-corrected chi connectivity index (χ0v) is 14.8. The highest BCUT2D eigenvalue weighted by Gasteiger charge is 2.05. The number of carbonyl (C=O) groups is 2. The summed E-state index contributed by atoms with van der Waals surface area (Å²) in [6.45, 7) is -0.331. The average molecular weight is 374 g/mol. The summed E-state index contributed by atoms with van der Waals surface area (Å²) in [6, 6.07) is 10.4. The highest BCUT2D eigenvalue weighted by molar-refractivity contribution is 5.93. The van der Waals surface area contributed by atoms with Crippen LogP contribution in [0.4, 0.5) is 4.39 Å². The third-order valence-electron chi connectivity index (χ3n) is 3.31. The van der Waals surface area contributed by atoms with E-state index in [1.807, 2.05) is 0 Å². The summed E-state index contributed by atoms with van der Waals surface area (Å²) >= 11 is 0. The van der Waals surface area contributed by atoms with Gasteiger partial charge < -0.3 is 14.2 Å². The van der Waals surface area contributed by atoms with Gasteiger partial charge in [-0.15, -0.1) is 0 Å². The molecule has 7 nitrogen and oxygen atoms in total. The molecular weight excluding hydrogens is 355 g/mol. The van der Waals surface area contributed by atoms with Crippen LogP contribution in [0.5, 0.6) is 17.2 Å². The van der Waals surface area contributed by atoms with Crippen molar-refractivity contribution < 1.29 is 28.2 Å². The number of hydrogen-bond donors (Lipinski definition) is 2. The van der Waals surface area contributed by atoms with E-state index in [-0.39, 0.29) is 6.61 Å². The molecular formula is C19H19FN2O5. The molecule has 142 valence electrons. The molecule has 0 bridgehead atoms. The van der Waals surface area contributed by atoms with Crippen LogP contribution >= 0.6 is 0 Å². The normalized spacial score (nSPS) is 10.3. The fourth-order valence-electron chi connectivity index (χ4n) is 1.99. The van der Waals surface area contributed by atoms with Crippen molar-refractivity contribution in [2.45, 2.75) is 0 Å². The summed E-state index contributed by atoms with van der Waals surface area (Å²) in [5.41, 5.74) is 5.12. The quantitative estimate of drug-likeness (QED) is 0.573. The van der Waals surface area contributed by atoms with Crippen molar-refractivity contribution in [2.24, 2.45) is 0 Å². The number of rotatable bonds is 7. The van der Waals surface area contributed by atoms with E-state index in [1.54, 1.807) is 24.3 Å². The molecule has 2 amide bonds. The number of carbonyl (C=O) groups excluding carboxylic acids is 2. The summed E-state index contributed by atoms with van der Waals surface area (Å²) in [7, 11) is 3.05. The molecule has 0 saturated heterocycles. The van der Waals surface area contributed by atoms with Crippen LogP contribution in [0.2, 0.25) is 0 Å². The van der Waals surface area contributed by atoms with E-state index < -0.39 is 17.6 Å². The largest absolute Gasteiger partial charge is 0.497 e. The first-order valence-electron chi connectivity index (χ1n) is 7.88. The van der Waals surface area contributed by atoms with Gasteiger partial charge in [-0.05, 0) is 48.0 Å². The molecule has 0 heterocycles. The highest BCUT2D eigenvalue weighted by Crippen LogP contribution is 2.23. The van der Waals surface area contributed by atoms with Gasteiger partial charge in [0.25, 0.3) is 11.8 Å². The number of ether oxygens (including phenoxy) is 3. The van der Waals surface area contributed by atoms with Crippen LogP contribution in [-0.4, -0.2) is 32.6 Å². The maximum absolute atomic E-state index is 12.8. The Kier molecular flexibility index (Phi) is 7.18. The van der Waals surface area contributed by atoms with Gasteiger partial charge in [0.2, 0.25) is 0 Å². The second-order valence-corrected chi connectivity index (χ2v) is 5.26. The van der Waals surface area contributed by atoms with E-state index in [0.29, 0.717) is 22.8 Å². The van der Waals surface area contributed by atoms with Gasteiger partial charge in [0.15, 0.2) is 6.61 Å². The number of nitrogens with one attached hydrogen (secondary N) is 2. The van der Waals surface area contributed by atoms with Gasteiger partial charge in [-0.3, -0.25) is 20.4 Å². The number of methoxy groups -OCH3 is 2. The lowest BCUT2D eigenvalue weighted by atomic mass is 10.2. The zero-order valence-electron chi connectivity index (χ0n) is 14.8. The first-order chi connectivity index (χ1) is 13.0. The molecule has 2 aromatic carbocycles. The van der Waals surface area contributed by atoms with E-state index >= 15 is 0 Å². The maximum atomic E-state index is 12.8. The van der Waals surface area contributed by atoms with E-state index in [2.05, 4.69) is 10.9 Å². The second kappa shape index (κ2) is 9.81. The Morgan fingerprint density at radius 2 is 1.59 bits per heavy atom.